The zero-order valence-corrected chi connectivity index (χ0v) is 17.2. The highest BCUT2D eigenvalue weighted by atomic mass is 35.5. The molecule has 7 heteroatoms. The highest BCUT2D eigenvalue weighted by Crippen LogP contribution is 2.36. The van der Waals surface area contributed by atoms with E-state index in [-0.39, 0.29) is 29.5 Å². The van der Waals surface area contributed by atoms with Crippen LogP contribution in [0.15, 0.2) is 24.3 Å². The van der Waals surface area contributed by atoms with E-state index < -0.39 is 7.12 Å². The summed E-state index contributed by atoms with van der Waals surface area (Å²) < 4.78 is 12.2. The van der Waals surface area contributed by atoms with Crippen molar-refractivity contribution < 1.29 is 14.1 Å². The van der Waals surface area contributed by atoms with Crippen molar-refractivity contribution in [3.8, 4) is 0 Å². The Bertz CT molecular complexity index is 631. The fraction of sp³-hybridized carbons (Fsp3) is 0.632. The molecule has 0 aliphatic carbocycles. The van der Waals surface area contributed by atoms with Gasteiger partial charge in [0.05, 0.1) is 11.2 Å². The van der Waals surface area contributed by atoms with E-state index in [1.54, 1.807) is 0 Å². The van der Waals surface area contributed by atoms with E-state index in [1.807, 2.05) is 63.9 Å². The van der Waals surface area contributed by atoms with Gasteiger partial charge in [0.1, 0.15) is 0 Å². The molecule has 2 fully saturated rings. The van der Waals surface area contributed by atoms with Crippen molar-refractivity contribution in [1.29, 1.82) is 0 Å². The molecule has 2 heterocycles. The number of hydrogen-bond donors (Lipinski definition) is 1. The molecular weight excluding hydrogens is 350 g/mol. The fourth-order valence-electron chi connectivity index (χ4n) is 3.36. The van der Waals surface area contributed by atoms with Crippen LogP contribution in [-0.4, -0.2) is 55.3 Å². The lowest BCUT2D eigenvalue weighted by Gasteiger charge is -2.32. The molecule has 1 amide bonds. The van der Waals surface area contributed by atoms with Crippen LogP contribution in [0.5, 0.6) is 0 Å². The first-order valence-electron chi connectivity index (χ1n) is 9.15. The Morgan fingerprint density at radius 3 is 2.31 bits per heavy atom. The minimum atomic E-state index is -0.443. The van der Waals surface area contributed by atoms with E-state index in [1.165, 1.54) is 0 Å². The van der Waals surface area contributed by atoms with E-state index in [4.69, 9.17) is 9.31 Å². The summed E-state index contributed by atoms with van der Waals surface area (Å²) in [5, 5.41) is 3.34. The second-order valence-corrected chi connectivity index (χ2v) is 8.11. The maximum Gasteiger partial charge on any atom is 0.494 e. The molecule has 0 bridgehead atoms. The number of piperidine rings is 1. The maximum absolute atomic E-state index is 12.9. The highest BCUT2D eigenvalue weighted by Gasteiger charge is 2.51. The first kappa shape index (κ1) is 21.2. The van der Waals surface area contributed by atoms with Gasteiger partial charge < -0.3 is 19.5 Å². The number of halogens is 1. The summed E-state index contributed by atoms with van der Waals surface area (Å²) in [6, 6.07) is 7.94. The number of carbonyl (C=O) groups excluding carboxylic acids is 1. The molecule has 0 aromatic heterocycles. The van der Waals surface area contributed by atoms with Crippen molar-refractivity contribution in [2.75, 3.05) is 20.1 Å². The van der Waals surface area contributed by atoms with Crippen molar-refractivity contribution in [3.63, 3.8) is 0 Å². The van der Waals surface area contributed by atoms with Crippen molar-refractivity contribution >= 4 is 30.9 Å². The second kappa shape index (κ2) is 7.89. The van der Waals surface area contributed by atoms with Gasteiger partial charge in [-0.3, -0.25) is 4.79 Å². The Morgan fingerprint density at radius 1 is 1.15 bits per heavy atom. The van der Waals surface area contributed by atoms with Crippen LogP contribution < -0.4 is 10.8 Å². The molecule has 0 saturated carbocycles. The quantitative estimate of drug-likeness (QED) is 0.817. The number of benzene rings is 1. The molecule has 2 aliphatic rings. The molecule has 144 valence electrons. The summed E-state index contributed by atoms with van der Waals surface area (Å²) in [4.78, 5) is 14.8. The summed E-state index contributed by atoms with van der Waals surface area (Å²) >= 11 is 0. The average molecular weight is 381 g/mol. The topological polar surface area (TPSA) is 50.8 Å². The van der Waals surface area contributed by atoms with E-state index in [0.29, 0.717) is 11.6 Å². The van der Waals surface area contributed by atoms with Gasteiger partial charge >= 0.3 is 7.12 Å². The van der Waals surface area contributed by atoms with Crippen LogP contribution in [-0.2, 0) is 9.31 Å². The Labute approximate surface area is 163 Å². The smallest absolute Gasteiger partial charge is 0.399 e. The lowest BCUT2D eigenvalue weighted by atomic mass is 9.78. The van der Waals surface area contributed by atoms with Crippen molar-refractivity contribution in [1.82, 2.24) is 10.2 Å². The summed E-state index contributed by atoms with van der Waals surface area (Å²) in [6.45, 7) is 10.1. The van der Waals surface area contributed by atoms with Gasteiger partial charge in [0.2, 0.25) is 0 Å². The van der Waals surface area contributed by atoms with Crippen LogP contribution >= 0.6 is 12.4 Å². The highest BCUT2D eigenvalue weighted by molar-refractivity contribution is 6.62. The molecule has 0 spiro atoms. The number of rotatable bonds is 3. The number of nitrogens with one attached hydrogen (secondary N) is 1. The Balaban J connectivity index is 0.00000243. The second-order valence-electron chi connectivity index (χ2n) is 8.11. The average Bonchev–Trinajstić information content (AvgIpc) is 2.82. The minimum Gasteiger partial charge on any atom is -0.399 e. The third-order valence-corrected chi connectivity index (χ3v) is 5.84. The van der Waals surface area contributed by atoms with E-state index >= 15 is 0 Å². The Kier molecular flexibility index (Phi) is 6.44. The maximum atomic E-state index is 12.9. The van der Waals surface area contributed by atoms with Crippen LogP contribution in [0.25, 0.3) is 0 Å². The molecule has 2 saturated heterocycles. The minimum absolute atomic E-state index is 0. The summed E-state index contributed by atoms with van der Waals surface area (Å²) in [5.41, 5.74) is 0.809. The largest absolute Gasteiger partial charge is 0.494 e. The first-order chi connectivity index (χ1) is 11.7. The zero-order chi connectivity index (χ0) is 18.2. The monoisotopic (exact) mass is 380 g/mol. The normalized spacial score (nSPS) is 22.0. The molecule has 3 rings (SSSR count). The summed E-state index contributed by atoms with van der Waals surface area (Å²) in [6.07, 6.45) is 2.00. The molecule has 2 aliphatic heterocycles. The molecule has 0 radical (unpaired) electrons. The molecule has 0 unspecified atom stereocenters. The van der Waals surface area contributed by atoms with Gasteiger partial charge in [-0.1, -0.05) is 12.1 Å². The number of carbonyl (C=O) groups is 1. The Hall–Kier alpha value is -1.08. The van der Waals surface area contributed by atoms with Gasteiger partial charge in [0.25, 0.3) is 5.91 Å². The van der Waals surface area contributed by atoms with Crippen LogP contribution in [0.4, 0.5) is 0 Å². The van der Waals surface area contributed by atoms with E-state index in [9.17, 15) is 4.79 Å². The van der Waals surface area contributed by atoms with Crippen LogP contribution in [0, 0.1) is 0 Å². The van der Waals surface area contributed by atoms with Gasteiger partial charge in [-0.15, -0.1) is 12.4 Å². The number of amides is 1. The molecule has 1 aromatic rings. The van der Waals surface area contributed by atoms with Crippen LogP contribution in [0.1, 0.15) is 50.9 Å². The fourth-order valence-corrected chi connectivity index (χ4v) is 3.36. The predicted molar refractivity (Wildman–Crippen MR) is 107 cm³/mol. The number of nitrogens with zero attached hydrogens (tertiary/aromatic N) is 1. The zero-order valence-electron chi connectivity index (χ0n) is 16.4. The summed E-state index contributed by atoms with van der Waals surface area (Å²) in [5.74, 6) is 0.0604. The van der Waals surface area contributed by atoms with Crippen molar-refractivity contribution in [3.05, 3.63) is 29.8 Å². The van der Waals surface area contributed by atoms with Gasteiger partial charge in [0.15, 0.2) is 0 Å². The van der Waals surface area contributed by atoms with Gasteiger partial charge in [-0.2, -0.15) is 0 Å². The van der Waals surface area contributed by atoms with Crippen molar-refractivity contribution in [2.45, 2.75) is 57.8 Å². The van der Waals surface area contributed by atoms with Gasteiger partial charge in [-0.05, 0) is 71.2 Å². The SMILES string of the molecule is CN(C(=O)c1cccc(B2OC(C)(C)C(C)(C)O2)c1)C1CCNCC1.Cl. The van der Waals surface area contributed by atoms with Crippen molar-refractivity contribution in [2.24, 2.45) is 0 Å². The molecule has 1 N–H and O–H groups in total. The molecule has 5 nitrogen and oxygen atoms in total. The third kappa shape index (κ3) is 4.09. The van der Waals surface area contributed by atoms with Gasteiger partial charge in [-0.25, -0.2) is 0 Å². The molecule has 1 aromatic carbocycles. The van der Waals surface area contributed by atoms with E-state index in [2.05, 4.69) is 5.32 Å². The lowest BCUT2D eigenvalue weighted by Crippen LogP contribution is -2.44. The summed E-state index contributed by atoms with van der Waals surface area (Å²) in [7, 11) is 1.46. The van der Waals surface area contributed by atoms with Crippen LogP contribution in [0.3, 0.4) is 0 Å². The van der Waals surface area contributed by atoms with Gasteiger partial charge in [0, 0.05) is 18.7 Å². The standard InChI is InChI=1S/C19H29BN2O3.ClH/c1-18(2)19(3,4)25-20(24-18)15-8-6-7-14(13-15)17(23)22(5)16-9-11-21-12-10-16;/h6-8,13,16,21H,9-12H2,1-5H3;1H. The predicted octanol–water partition coefficient (Wildman–Crippen LogP) is 2.23. The Morgan fingerprint density at radius 2 is 1.73 bits per heavy atom. The van der Waals surface area contributed by atoms with E-state index in [0.717, 1.165) is 31.4 Å². The number of hydrogen-bond acceptors (Lipinski definition) is 4. The third-order valence-electron chi connectivity index (χ3n) is 5.84. The first-order valence-corrected chi connectivity index (χ1v) is 9.15. The molecule has 0 atom stereocenters. The van der Waals surface area contributed by atoms with Crippen LogP contribution in [0.2, 0.25) is 0 Å². The lowest BCUT2D eigenvalue weighted by molar-refractivity contribution is 0.00578. The molecule has 26 heavy (non-hydrogen) atoms. The molecular formula is C19H30BClN2O3.